The van der Waals surface area contributed by atoms with Crippen LogP contribution >= 0.6 is 27.5 Å². The summed E-state index contributed by atoms with van der Waals surface area (Å²) in [4.78, 5) is 0. The molecule has 0 atom stereocenters. The van der Waals surface area contributed by atoms with Crippen molar-refractivity contribution in [1.29, 1.82) is 0 Å². The number of rotatable bonds is 5. The molecule has 7 heteroatoms. The summed E-state index contributed by atoms with van der Waals surface area (Å²) in [7, 11) is 0. The maximum atomic E-state index is 13.6. The topological polar surface area (TPSA) is 21.3 Å². The minimum absolute atomic E-state index is 0.398. The third kappa shape index (κ3) is 4.54. The molecule has 0 fully saturated rings. The van der Waals surface area contributed by atoms with Crippen LogP contribution in [-0.4, -0.2) is 6.61 Å². The van der Waals surface area contributed by atoms with Gasteiger partial charge in [-0.2, -0.15) is 8.78 Å². The van der Waals surface area contributed by atoms with E-state index in [1.165, 1.54) is 6.07 Å². The highest BCUT2D eigenvalue weighted by molar-refractivity contribution is 9.10. The zero-order valence-corrected chi connectivity index (χ0v) is 12.9. The van der Waals surface area contributed by atoms with Gasteiger partial charge < -0.3 is 10.1 Å². The second-order valence-corrected chi connectivity index (χ2v) is 5.40. The predicted molar refractivity (Wildman–Crippen MR) is 79.5 cm³/mol. The molecule has 0 aromatic heterocycles. The number of benzene rings is 2. The minimum atomic E-state index is -3.05. The maximum absolute atomic E-state index is 13.6. The molecule has 2 aromatic rings. The van der Waals surface area contributed by atoms with Crippen LogP contribution in [-0.2, 0) is 6.54 Å². The first kappa shape index (κ1) is 16.0. The number of anilines is 1. The van der Waals surface area contributed by atoms with Gasteiger partial charge in [-0.1, -0.05) is 27.5 Å². The van der Waals surface area contributed by atoms with Gasteiger partial charge in [0.1, 0.15) is 0 Å². The normalized spacial score (nSPS) is 10.8. The average Bonchev–Trinajstić information content (AvgIpc) is 2.42. The Morgan fingerprint density at radius 2 is 1.95 bits per heavy atom. The predicted octanol–water partition coefficient (Wildman–Crippen LogP) is 5.46. The van der Waals surface area contributed by atoms with Gasteiger partial charge in [0, 0.05) is 27.8 Å². The molecule has 112 valence electrons. The van der Waals surface area contributed by atoms with Crippen LogP contribution in [0.2, 0.25) is 5.02 Å². The fourth-order valence-electron chi connectivity index (χ4n) is 1.68. The van der Waals surface area contributed by atoms with E-state index >= 15 is 0 Å². The quantitative estimate of drug-likeness (QED) is 0.744. The molecule has 0 aliphatic heterocycles. The average molecular weight is 381 g/mol. The Morgan fingerprint density at radius 1 is 1.19 bits per heavy atom. The Bertz CT molecular complexity index is 640. The molecule has 2 rings (SSSR count). The van der Waals surface area contributed by atoms with Crippen molar-refractivity contribution in [3.63, 3.8) is 0 Å². The maximum Gasteiger partial charge on any atom is 0.387 e. The Labute approximate surface area is 133 Å². The molecule has 0 aliphatic carbocycles. The zero-order chi connectivity index (χ0) is 15.4. The molecule has 0 heterocycles. The van der Waals surface area contributed by atoms with E-state index < -0.39 is 18.2 Å². The van der Waals surface area contributed by atoms with Crippen LogP contribution in [0.15, 0.2) is 40.9 Å². The van der Waals surface area contributed by atoms with Gasteiger partial charge in [0.25, 0.3) is 0 Å². The van der Waals surface area contributed by atoms with Crippen LogP contribution < -0.4 is 10.1 Å². The number of hydrogen-bond donors (Lipinski definition) is 1. The molecule has 0 bridgehead atoms. The largest absolute Gasteiger partial charge is 0.432 e. The van der Waals surface area contributed by atoms with Gasteiger partial charge >= 0.3 is 6.61 Å². The lowest BCUT2D eigenvalue weighted by atomic mass is 10.2. The minimum Gasteiger partial charge on any atom is -0.432 e. The van der Waals surface area contributed by atoms with Crippen molar-refractivity contribution in [3.05, 3.63) is 57.3 Å². The van der Waals surface area contributed by atoms with Crippen molar-refractivity contribution in [2.24, 2.45) is 0 Å². The molecule has 0 amide bonds. The van der Waals surface area contributed by atoms with Crippen molar-refractivity contribution >= 4 is 33.2 Å². The number of halogens is 5. The molecule has 0 saturated carbocycles. The molecule has 0 spiro atoms. The lowest BCUT2D eigenvalue weighted by molar-refractivity contribution is -0.0521. The van der Waals surface area contributed by atoms with E-state index in [1.807, 2.05) is 0 Å². The summed E-state index contributed by atoms with van der Waals surface area (Å²) in [6.07, 6.45) is 0. The van der Waals surface area contributed by atoms with Gasteiger partial charge in [0.05, 0.1) is 0 Å². The molecular weight excluding hydrogens is 371 g/mol. The first-order valence-electron chi connectivity index (χ1n) is 5.88. The molecule has 2 aromatic carbocycles. The molecular formula is C14H10BrClF3NO. The molecule has 21 heavy (non-hydrogen) atoms. The van der Waals surface area contributed by atoms with E-state index in [0.29, 0.717) is 17.3 Å². The van der Waals surface area contributed by atoms with Crippen molar-refractivity contribution in [2.75, 3.05) is 5.32 Å². The van der Waals surface area contributed by atoms with Crippen molar-refractivity contribution in [3.8, 4) is 5.75 Å². The fraction of sp³-hybridized carbons (Fsp3) is 0.143. The van der Waals surface area contributed by atoms with Crippen molar-refractivity contribution in [2.45, 2.75) is 13.2 Å². The summed E-state index contributed by atoms with van der Waals surface area (Å²) in [5.41, 5.74) is 1.33. The third-order valence-electron chi connectivity index (χ3n) is 2.64. The van der Waals surface area contributed by atoms with Gasteiger partial charge in [0.2, 0.25) is 0 Å². The highest BCUT2D eigenvalue weighted by Gasteiger charge is 2.10. The monoisotopic (exact) mass is 379 g/mol. The summed E-state index contributed by atoms with van der Waals surface area (Å²) in [5.74, 6) is -1.34. The highest BCUT2D eigenvalue weighted by Crippen LogP contribution is 2.25. The van der Waals surface area contributed by atoms with Crippen LogP contribution in [0.1, 0.15) is 5.56 Å². The second kappa shape index (κ2) is 7.04. The molecule has 0 saturated heterocycles. The third-order valence-corrected chi connectivity index (χ3v) is 3.65. The van der Waals surface area contributed by atoms with E-state index in [2.05, 4.69) is 26.0 Å². The number of nitrogens with one attached hydrogen (secondary N) is 1. The van der Waals surface area contributed by atoms with Crippen LogP contribution in [0.5, 0.6) is 5.75 Å². The van der Waals surface area contributed by atoms with Crippen molar-refractivity contribution in [1.82, 2.24) is 0 Å². The van der Waals surface area contributed by atoms with Gasteiger partial charge in [-0.05, 0) is 35.9 Å². The summed E-state index contributed by atoms with van der Waals surface area (Å²) >= 11 is 9.28. The first-order chi connectivity index (χ1) is 9.95. The fourth-order valence-corrected chi connectivity index (χ4v) is 2.26. The van der Waals surface area contributed by atoms with E-state index in [9.17, 15) is 13.2 Å². The summed E-state index contributed by atoms with van der Waals surface area (Å²) in [5, 5.41) is 3.56. The smallest absolute Gasteiger partial charge is 0.387 e. The van der Waals surface area contributed by atoms with E-state index in [-0.39, 0.29) is 0 Å². The summed E-state index contributed by atoms with van der Waals surface area (Å²) in [6, 6.07) is 9.01. The van der Waals surface area contributed by atoms with E-state index in [1.54, 1.807) is 18.2 Å². The summed E-state index contributed by atoms with van der Waals surface area (Å²) in [6.45, 7) is -2.66. The number of ether oxygens (including phenoxy) is 1. The number of alkyl halides is 2. The van der Waals surface area contributed by atoms with Crippen molar-refractivity contribution < 1.29 is 17.9 Å². The van der Waals surface area contributed by atoms with Crippen LogP contribution in [0.3, 0.4) is 0 Å². The Morgan fingerprint density at radius 3 is 2.62 bits per heavy atom. The van der Waals surface area contributed by atoms with Gasteiger partial charge in [-0.15, -0.1) is 0 Å². The van der Waals surface area contributed by atoms with E-state index in [4.69, 9.17) is 11.6 Å². The molecule has 0 aliphatic rings. The van der Waals surface area contributed by atoms with Crippen LogP contribution in [0.25, 0.3) is 0 Å². The molecule has 1 N–H and O–H groups in total. The lowest BCUT2D eigenvalue weighted by Crippen LogP contribution is -2.05. The molecule has 0 unspecified atom stereocenters. The first-order valence-corrected chi connectivity index (χ1v) is 7.05. The van der Waals surface area contributed by atoms with Gasteiger partial charge in [0.15, 0.2) is 11.6 Å². The second-order valence-electron chi connectivity index (χ2n) is 4.11. The van der Waals surface area contributed by atoms with Gasteiger partial charge in [-0.25, -0.2) is 4.39 Å². The Kier molecular flexibility index (Phi) is 5.36. The lowest BCUT2D eigenvalue weighted by Gasteiger charge is -2.11. The van der Waals surface area contributed by atoms with Crippen LogP contribution in [0.4, 0.5) is 18.9 Å². The molecule has 0 radical (unpaired) electrons. The summed E-state index contributed by atoms with van der Waals surface area (Å²) < 4.78 is 42.5. The number of hydrogen-bond acceptors (Lipinski definition) is 2. The van der Waals surface area contributed by atoms with E-state index in [0.717, 1.165) is 22.2 Å². The standard InChI is InChI=1S/C14H10BrClF3NO/c15-11-3-1-9(16)5-8(11)7-20-10-2-4-13(12(17)6-10)21-14(18)19/h1-6,14,20H,7H2. The highest BCUT2D eigenvalue weighted by atomic mass is 79.9. The SMILES string of the molecule is Fc1cc(NCc2cc(Cl)ccc2Br)ccc1OC(F)F. The molecule has 2 nitrogen and oxygen atoms in total. The van der Waals surface area contributed by atoms with Gasteiger partial charge in [-0.3, -0.25) is 0 Å². The Balaban J connectivity index is 2.07. The Hall–Kier alpha value is -1.40. The zero-order valence-electron chi connectivity index (χ0n) is 10.5. The van der Waals surface area contributed by atoms with Crippen LogP contribution in [0, 0.1) is 5.82 Å².